The van der Waals surface area contributed by atoms with Crippen molar-refractivity contribution in [1.82, 2.24) is 15.0 Å². The topological polar surface area (TPSA) is 53.9 Å². The maximum atomic E-state index is 4.42. The van der Waals surface area contributed by atoms with Gasteiger partial charge in [-0.15, -0.1) is 0 Å². The van der Waals surface area contributed by atoms with Crippen molar-refractivity contribution in [3.05, 3.63) is 5.82 Å². The summed E-state index contributed by atoms with van der Waals surface area (Å²) in [5.41, 5.74) is -0.0701. The van der Waals surface area contributed by atoms with Crippen LogP contribution in [-0.4, -0.2) is 36.1 Å². The second kappa shape index (κ2) is 4.00. The molecular weight excluding hydrogens is 190 g/mol. The van der Waals surface area contributed by atoms with Crippen molar-refractivity contribution in [1.29, 1.82) is 0 Å². The molecule has 5 nitrogen and oxygen atoms in total. The molecule has 0 radical (unpaired) electrons. The molecule has 1 heterocycles. The third kappa shape index (κ3) is 2.78. The molecule has 0 unspecified atom stereocenters. The highest BCUT2D eigenvalue weighted by Crippen LogP contribution is 2.20. The van der Waals surface area contributed by atoms with E-state index in [0.29, 0.717) is 11.9 Å². The predicted octanol–water partition coefficient (Wildman–Crippen LogP) is 1.28. The number of rotatable bonds is 2. The molecular formula is C10H19N5. The summed E-state index contributed by atoms with van der Waals surface area (Å²) in [6.07, 6.45) is 0. The summed E-state index contributed by atoms with van der Waals surface area (Å²) in [5, 5.41) is 2.95. The van der Waals surface area contributed by atoms with Crippen molar-refractivity contribution in [2.75, 3.05) is 31.4 Å². The number of nitrogens with zero attached hydrogens (tertiary/aromatic N) is 4. The predicted molar refractivity (Wildman–Crippen MR) is 62.4 cm³/mol. The maximum absolute atomic E-state index is 4.42. The number of hydrogen-bond donors (Lipinski definition) is 1. The molecule has 5 heteroatoms. The summed E-state index contributed by atoms with van der Waals surface area (Å²) in [6.45, 7) is 6.25. The number of hydrogen-bond acceptors (Lipinski definition) is 5. The lowest BCUT2D eigenvalue weighted by atomic mass is 9.96. The first-order valence-electron chi connectivity index (χ1n) is 4.96. The smallest absolute Gasteiger partial charge is 0.229 e. The van der Waals surface area contributed by atoms with Crippen LogP contribution in [0, 0.1) is 0 Å². The van der Waals surface area contributed by atoms with Gasteiger partial charge in [-0.25, -0.2) is 0 Å². The highest BCUT2D eigenvalue weighted by atomic mass is 15.3. The minimum Gasteiger partial charge on any atom is -0.357 e. The van der Waals surface area contributed by atoms with Crippen LogP contribution in [0.3, 0.4) is 0 Å². The summed E-state index contributed by atoms with van der Waals surface area (Å²) in [7, 11) is 5.64. The van der Waals surface area contributed by atoms with E-state index in [-0.39, 0.29) is 5.41 Å². The van der Waals surface area contributed by atoms with E-state index >= 15 is 0 Å². The zero-order valence-electron chi connectivity index (χ0n) is 10.3. The average Bonchev–Trinajstić information content (AvgIpc) is 2.15. The van der Waals surface area contributed by atoms with E-state index in [9.17, 15) is 0 Å². The Kier molecular flexibility index (Phi) is 3.12. The minimum absolute atomic E-state index is 0.0701. The zero-order valence-corrected chi connectivity index (χ0v) is 10.3. The van der Waals surface area contributed by atoms with E-state index in [1.807, 2.05) is 19.0 Å². The normalized spacial score (nSPS) is 11.3. The molecule has 0 spiro atoms. The van der Waals surface area contributed by atoms with E-state index in [2.05, 4.69) is 41.0 Å². The van der Waals surface area contributed by atoms with E-state index < -0.39 is 0 Å². The van der Waals surface area contributed by atoms with Crippen LogP contribution in [0.1, 0.15) is 26.6 Å². The molecule has 0 saturated heterocycles. The lowest BCUT2D eigenvalue weighted by Crippen LogP contribution is -2.22. The first-order chi connectivity index (χ1) is 6.84. The Bertz CT molecular complexity index is 340. The molecule has 1 aromatic rings. The van der Waals surface area contributed by atoms with Crippen LogP contribution in [-0.2, 0) is 5.41 Å². The number of anilines is 2. The summed E-state index contributed by atoms with van der Waals surface area (Å²) in [4.78, 5) is 14.9. The van der Waals surface area contributed by atoms with Crippen molar-refractivity contribution in [3.63, 3.8) is 0 Å². The first-order valence-corrected chi connectivity index (χ1v) is 4.96. The summed E-state index contributed by atoms with van der Waals surface area (Å²) < 4.78 is 0. The van der Waals surface area contributed by atoms with Gasteiger partial charge in [-0.05, 0) is 0 Å². The molecule has 0 saturated carbocycles. The van der Waals surface area contributed by atoms with Gasteiger partial charge >= 0.3 is 0 Å². The van der Waals surface area contributed by atoms with Crippen LogP contribution in [0.5, 0.6) is 0 Å². The lowest BCUT2D eigenvalue weighted by Gasteiger charge is -2.19. The molecule has 1 aromatic heterocycles. The van der Waals surface area contributed by atoms with Gasteiger partial charge < -0.3 is 10.2 Å². The molecule has 84 valence electrons. The largest absolute Gasteiger partial charge is 0.357 e. The molecule has 0 fully saturated rings. The van der Waals surface area contributed by atoms with Crippen LogP contribution < -0.4 is 10.2 Å². The Morgan fingerprint density at radius 2 is 1.67 bits per heavy atom. The fourth-order valence-electron chi connectivity index (χ4n) is 1.01. The van der Waals surface area contributed by atoms with Crippen LogP contribution in [0.4, 0.5) is 11.9 Å². The molecule has 1 N–H and O–H groups in total. The molecule has 0 bridgehead atoms. The highest BCUT2D eigenvalue weighted by Gasteiger charge is 2.20. The Morgan fingerprint density at radius 1 is 1.07 bits per heavy atom. The van der Waals surface area contributed by atoms with E-state index in [1.165, 1.54) is 0 Å². The third-order valence-corrected chi connectivity index (χ3v) is 1.92. The maximum Gasteiger partial charge on any atom is 0.229 e. The van der Waals surface area contributed by atoms with Gasteiger partial charge in [-0.1, -0.05) is 20.8 Å². The lowest BCUT2D eigenvalue weighted by molar-refractivity contribution is 0.542. The third-order valence-electron chi connectivity index (χ3n) is 1.92. The van der Waals surface area contributed by atoms with Crippen LogP contribution in [0.2, 0.25) is 0 Å². The van der Waals surface area contributed by atoms with E-state index in [4.69, 9.17) is 0 Å². The van der Waals surface area contributed by atoms with Gasteiger partial charge in [0, 0.05) is 26.6 Å². The molecule has 0 amide bonds. The Balaban J connectivity index is 3.23. The molecule has 0 aliphatic carbocycles. The molecule has 0 aromatic carbocycles. The van der Waals surface area contributed by atoms with Crippen molar-refractivity contribution in [2.24, 2.45) is 0 Å². The number of aromatic nitrogens is 3. The van der Waals surface area contributed by atoms with Gasteiger partial charge in [0.25, 0.3) is 0 Å². The molecule has 0 aliphatic heterocycles. The van der Waals surface area contributed by atoms with Crippen molar-refractivity contribution in [2.45, 2.75) is 26.2 Å². The average molecular weight is 209 g/mol. The van der Waals surface area contributed by atoms with Crippen molar-refractivity contribution < 1.29 is 0 Å². The fourth-order valence-corrected chi connectivity index (χ4v) is 1.01. The number of nitrogens with one attached hydrogen (secondary N) is 1. The molecule has 15 heavy (non-hydrogen) atoms. The molecule has 1 rings (SSSR count). The quantitative estimate of drug-likeness (QED) is 0.795. The van der Waals surface area contributed by atoms with E-state index in [0.717, 1.165) is 5.82 Å². The fraction of sp³-hybridized carbons (Fsp3) is 0.700. The Labute approximate surface area is 91.0 Å². The van der Waals surface area contributed by atoms with Gasteiger partial charge in [-0.3, -0.25) is 0 Å². The zero-order chi connectivity index (χ0) is 11.6. The standard InChI is InChI=1S/C10H19N5/c1-10(2,3)7-12-8(11-4)14-9(13-7)15(5)6/h1-6H3,(H,11,12,13,14). The Morgan fingerprint density at radius 3 is 2.07 bits per heavy atom. The van der Waals surface area contributed by atoms with E-state index in [1.54, 1.807) is 7.05 Å². The molecule has 0 atom stereocenters. The summed E-state index contributed by atoms with van der Waals surface area (Å²) in [5.74, 6) is 2.09. The summed E-state index contributed by atoms with van der Waals surface area (Å²) >= 11 is 0. The van der Waals surface area contributed by atoms with Gasteiger partial charge in [0.2, 0.25) is 11.9 Å². The first kappa shape index (κ1) is 11.7. The van der Waals surface area contributed by atoms with Crippen molar-refractivity contribution >= 4 is 11.9 Å². The van der Waals surface area contributed by atoms with Gasteiger partial charge in [-0.2, -0.15) is 15.0 Å². The van der Waals surface area contributed by atoms with Crippen LogP contribution in [0.15, 0.2) is 0 Å². The van der Waals surface area contributed by atoms with Gasteiger partial charge in [0.15, 0.2) is 0 Å². The second-order valence-corrected chi connectivity index (χ2v) is 4.68. The van der Waals surface area contributed by atoms with Crippen molar-refractivity contribution in [3.8, 4) is 0 Å². The van der Waals surface area contributed by atoms with Crippen LogP contribution >= 0.6 is 0 Å². The highest BCUT2D eigenvalue weighted by molar-refractivity contribution is 5.36. The summed E-state index contributed by atoms with van der Waals surface area (Å²) in [6, 6.07) is 0. The van der Waals surface area contributed by atoms with Gasteiger partial charge in [0.1, 0.15) is 5.82 Å². The minimum atomic E-state index is -0.0701. The molecule has 0 aliphatic rings. The second-order valence-electron chi connectivity index (χ2n) is 4.68. The SMILES string of the molecule is CNc1nc(N(C)C)nc(C(C)(C)C)n1. The monoisotopic (exact) mass is 209 g/mol. The van der Waals surface area contributed by atoms with Crippen LogP contribution in [0.25, 0.3) is 0 Å². The van der Waals surface area contributed by atoms with Gasteiger partial charge in [0.05, 0.1) is 0 Å². The Hall–Kier alpha value is -1.39.